The van der Waals surface area contributed by atoms with Crippen molar-refractivity contribution in [3.05, 3.63) is 0 Å². The molecular formula is C18H35NO. The van der Waals surface area contributed by atoms with Gasteiger partial charge in [-0.15, -0.1) is 0 Å². The van der Waals surface area contributed by atoms with E-state index in [-0.39, 0.29) is 12.3 Å². The smallest absolute Gasteiger partial charge is 0.0698 e. The van der Waals surface area contributed by atoms with Gasteiger partial charge in [-0.05, 0) is 11.8 Å². The molecule has 0 aliphatic rings. The van der Waals surface area contributed by atoms with Crippen LogP contribution in [-0.4, -0.2) is 11.2 Å². The Kier molecular flexibility index (Phi) is 13.1. The normalized spacial score (nSPS) is 14.2. The van der Waals surface area contributed by atoms with Crippen molar-refractivity contribution in [2.24, 2.45) is 11.8 Å². The maximum absolute atomic E-state index is 10.1. The number of aliphatic hydroxyl groups excluding tert-OH is 1. The third-order valence-corrected chi connectivity index (χ3v) is 4.51. The molecule has 0 aromatic rings. The molecule has 0 aromatic heterocycles. The Bertz CT molecular complexity index is 234. The molecule has 0 aromatic carbocycles. The number of hydrogen-bond acceptors (Lipinski definition) is 2. The predicted octanol–water partition coefficient (Wildman–Crippen LogP) is 5.45. The van der Waals surface area contributed by atoms with Crippen LogP contribution in [0.2, 0.25) is 0 Å². The molecule has 1 N–H and O–H groups in total. The molecule has 20 heavy (non-hydrogen) atoms. The summed E-state index contributed by atoms with van der Waals surface area (Å²) in [5.41, 5.74) is 0. The first-order chi connectivity index (χ1) is 9.67. The van der Waals surface area contributed by atoms with Crippen molar-refractivity contribution in [1.29, 1.82) is 5.26 Å². The van der Waals surface area contributed by atoms with E-state index in [1.54, 1.807) is 0 Å². The van der Waals surface area contributed by atoms with Crippen molar-refractivity contribution in [2.45, 2.75) is 97.5 Å². The van der Waals surface area contributed by atoms with Gasteiger partial charge >= 0.3 is 0 Å². The van der Waals surface area contributed by atoms with E-state index in [2.05, 4.69) is 26.8 Å². The second-order valence-electron chi connectivity index (χ2n) is 6.25. The highest BCUT2D eigenvalue weighted by Gasteiger charge is 2.23. The van der Waals surface area contributed by atoms with Crippen LogP contribution >= 0.6 is 0 Å². The molecule has 0 fully saturated rings. The standard InChI is InChI=1S/C18H35NO/c1-4-6-8-10-12-17(13-11-9-7-5-2)16(3)18(20)14-15-19/h16-18,20H,4-14H2,1-3H3/t16-,18-/m0/s1. The number of nitriles is 1. The molecule has 0 aliphatic heterocycles. The van der Waals surface area contributed by atoms with Gasteiger partial charge in [0, 0.05) is 0 Å². The molecule has 0 radical (unpaired) electrons. The summed E-state index contributed by atoms with van der Waals surface area (Å²) in [6.45, 7) is 6.61. The van der Waals surface area contributed by atoms with Gasteiger partial charge in [0.05, 0.1) is 18.6 Å². The highest BCUT2D eigenvalue weighted by atomic mass is 16.3. The number of unbranched alkanes of at least 4 members (excludes halogenated alkanes) is 6. The Morgan fingerprint density at radius 3 is 1.80 bits per heavy atom. The monoisotopic (exact) mass is 281 g/mol. The Balaban J connectivity index is 4.18. The summed E-state index contributed by atoms with van der Waals surface area (Å²) in [7, 11) is 0. The van der Waals surface area contributed by atoms with E-state index in [0.29, 0.717) is 5.92 Å². The highest BCUT2D eigenvalue weighted by molar-refractivity contribution is 4.82. The predicted molar refractivity (Wildman–Crippen MR) is 86.4 cm³/mol. The van der Waals surface area contributed by atoms with Crippen LogP contribution in [0.5, 0.6) is 0 Å². The average molecular weight is 281 g/mol. The largest absolute Gasteiger partial charge is 0.392 e. The summed E-state index contributed by atoms with van der Waals surface area (Å²) in [5, 5.41) is 18.8. The molecule has 0 unspecified atom stereocenters. The van der Waals surface area contributed by atoms with E-state index >= 15 is 0 Å². The van der Waals surface area contributed by atoms with E-state index in [1.807, 2.05) is 0 Å². The Hall–Kier alpha value is -0.550. The lowest BCUT2D eigenvalue weighted by Gasteiger charge is -2.27. The third kappa shape index (κ3) is 9.37. The second-order valence-corrected chi connectivity index (χ2v) is 6.25. The van der Waals surface area contributed by atoms with E-state index in [9.17, 15) is 5.11 Å². The summed E-state index contributed by atoms with van der Waals surface area (Å²) < 4.78 is 0. The maximum Gasteiger partial charge on any atom is 0.0698 e. The first kappa shape index (κ1) is 19.4. The SMILES string of the molecule is CCCCCCC(CCCCCC)[C@H](C)[C@@H](O)CC#N. The van der Waals surface area contributed by atoms with Crippen molar-refractivity contribution < 1.29 is 5.11 Å². The van der Waals surface area contributed by atoms with Crippen molar-refractivity contribution in [3.8, 4) is 6.07 Å². The van der Waals surface area contributed by atoms with Gasteiger partial charge in [-0.1, -0.05) is 85.0 Å². The Labute approximate surface area is 126 Å². The summed E-state index contributed by atoms with van der Waals surface area (Å²) >= 11 is 0. The molecule has 2 atom stereocenters. The summed E-state index contributed by atoms with van der Waals surface area (Å²) in [6, 6.07) is 2.11. The van der Waals surface area contributed by atoms with Crippen molar-refractivity contribution in [2.75, 3.05) is 0 Å². The van der Waals surface area contributed by atoms with Gasteiger partial charge in [0.1, 0.15) is 0 Å². The van der Waals surface area contributed by atoms with Crippen LogP contribution in [0.25, 0.3) is 0 Å². The number of nitrogens with zero attached hydrogens (tertiary/aromatic N) is 1. The number of hydrogen-bond donors (Lipinski definition) is 1. The summed E-state index contributed by atoms with van der Waals surface area (Å²) in [5.74, 6) is 0.852. The zero-order valence-electron chi connectivity index (χ0n) is 13.9. The van der Waals surface area contributed by atoms with Gasteiger partial charge in [0.25, 0.3) is 0 Å². The topological polar surface area (TPSA) is 44.0 Å². The quantitative estimate of drug-likeness (QED) is 0.456. The first-order valence-corrected chi connectivity index (χ1v) is 8.72. The zero-order valence-corrected chi connectivity index (χ0v) is 13.9. The molecule has 2 nitrogen and oxygen atoms in total. The zero-order chi connectivity index (χ0) is 15.2. The molecule has 2 heteroatoms. The molecule has 0 aliphatic carbocycles. The first-order valence-electron chi connectivity index (χ1n) is 8.72. The highest BCUT2D eigenvalue weighted by Crippen LogP contribution is 2.28. The molecule has 0 spiro atoms. The van der Waals surface area contributed by atoms with E-state index in [0.717, 1.165) is 0 Å². The molecular weight excluding hydrogens is 246 g/mol. The molecule has 0 bridgehead atoms. The minimum Gasteiger partial charge on any atom is -0.392 e. The fourth-order valence-electron chi connectivity index (χ4n) is 2.93. The fraction of sp³-hybridized carbons (Fsp3) is 0.944. The van der Waals surface area contributed by atoms with Gasteiger partial charge < -0.3 is 5.11 Å². The molecule has 0 saturated heterocycles. The van der Waals surface area contributed by atoms with Crippen molar-refractivity contribution in [1.82, 2.24) is 0 Å². The van der Waals surface area contributed by atoms with Gasteiger partial charge in [0.15, 0.2) is 0 Å². The maximum atomic E-state index is 10.1. The molecule has 0 amide bonds. The molecule has 118 valence electrons. The van der Waals surface area contributed by atoms with Crippen LogP contribution < -0.4 is 0 Å². The molecule has 0 heterocycles. The lowest BCUT2D eigenvalue weighted by Crippen LogP contribution is -2.25. The fourth-order valence-corrected chi connectivity index (χ4v) is 2.93. The lowest BCUT2D eigenvalue weighted by molar-refractivity contribution is 0.0780. The van der Waals surface area contributed by atoms with Crippen molar-refractivity contribution >= 4 is 0 Å². The van der Waals surface area contributed by atoms with E-state index in [4.69, 9.17) is 5.26 Å². The summed E-state index contributed by atoms with van der Waals surface area (Å²) in [4.78, 5) is 0. The van der Waals surface area contributed by atoms with Crippen LogP contribution in [0, 0.1) is 23.2 Å². The van der Waals surface area contributed by atoms with Gasteiger partial charge in [0.2, 0.25) is 0 Å². The molecule has 0 saturated carbocycles. The minimum atomic E-state index is -0.442. The van der Waals surface area contributed by atoms with Crippen molar-refractivity contribution in [3.63, 3.8) is 0 Å². The van der Waals surface area contributed by atoms with Gasteiger partial charge in [-0.2, -0.15) is 5.26 Å². The summed E-state index contributed by atoms with van der Waals surface area (Å²) in [6.07, 6.45) is 12.6. The lowest BCUT2D eigenvalue weighted by atomic mass is 9.81. The van der Waals surface area contributed by atoms with E-state index < -0.39 is 6.10 Å². The van der Waals surface area contributed by atoms with Crippen LogP contribution in [0.4, 0.5) is 0 Å². The molecule has 0 rings (SSSR count). The minimum absolute atomic E-state index is 0.262. The number of rotatable bonds is 13. The second kappa shape index (κ2) is 13.4. The Morgan fingerprint density at radius 2 is 1.40 bits per heavy atom. The van der Waals surface area contributed by atoms with Crippen LogP contribution in [-0.2, 0) is 0 Å². The van der Waals surface area contributed by atoms with E-state index in [1.165, 1.54) is 64.2 Å². The van der Waals surface area contributed by atoms with Crippen LogP contribution in [0.3, 0.4) is 0 Å². The average Bonchev–Trinajstić information content (AvgIpc) is 2.45. The van der Waals surface area contributed by atoms with Crippen LogP contribution in [0.15, 0.2) is 0 Å². The number of aliphatic hydroxyl groups is 1. The Morgan fingerprint density at radius 1 is 0.900 bits per heavy atom. The van der Waals surface area contributed by atoms with Gasteiger partial charge in [-0.3, -0.25) is 0 Å². The third-order valence-electron chi connectivity index (χ3n) is 4.51. The van der Waals surface area contributed by atoms with Gasteiger partial charge in [-0.25, -0.2) is 0 Å². The van der Waals surface area contributed by atoms with Crippen LogP contribution in [0.1, 0.15) is 91.4 Å².